The van der Waals surface area contributed by atoms with Crippen LogP contribution in [0.3, 0.4) is 0 Å². The molecule has 0 N–H and O–H groups in total. The lowest BCUT2D eigenvalue weighted by molar-refractivity contribution is -0.109. The number of fused-ring (bicyclic) bond motifs is 1. The van der Waals surface area contributed by atoms with E-state index in [0.717, 1.165) is 23.0 Å². The van der Waals surface area contributed by atoms with E-state index in [9.17, 15) is 14.4 Å². The highest BCUT2D eigenvalue weighted by Crippen LogP contribution is 2.44. The normalized spacial score (nSPS) is 15.9. The average molecular weight is 368 g/mol. The Hall–Kier alpha value is -3.33. The lowest BCUT2D eigenvalue weighted by atomic mass is 9.72. The van der Waals surface area contributed by atoms with Crippen molar-refractivity contribution in [2.45, 2.75) is 18.8 Å². The van der Waals surface area contributed by atoms with Gasteiger partial charge in [0.05, 0.1) is 5.92 Å². The SMILES string of the molecule is Cc1ccccc1[C@H](C=O)[C@H](c1ccccc1)C1C(=O)c2ccccc2C1=O. The number of aldehydes is 1. The Morgan fingerprint density at radius 2 is 1.29 bits per heavy atom. The number of hydrogen-bond donors (Lipinski definition) is 0. The number of aryl methyl sites for hydroxylation is 1. The van der Waals surface area contributed by atoms with E-state index < -0.39 is 17.8 Å². The summed E-state index contributed by atoms with van der Waals surface area (Å²) in [6.45, 7) is 1.95. The number of carbonyl (C=O) groups excluding carboxylic acids is 3. The average Bonchev–Trinajstić information content (AvgIpc) is 2.98. The van der Waals surface area contributed by atoms with Gasteiger partial charge in [0.25, 0.3) is 0 Å². The van der Waals surface area contributed by atoms with Gasteiger partial charge in [0.2, 0.25) is 0 Å². The molecular weight excluding hydrogens is 348 g/mol. The summed E-state index contributed by atoms with van der Waals surface area (Å²) in [6, 6.07) is 24.0. The van der Waals surface area contributed by atoms with Crippen LogP contribution in [0.4, 0.5) is 0 Å². The number of rotatable bonds is 5. The Morgan fingerprint density at radius 3 is 1.86 bits per heavy atom. The molecule has 0 aromatic heterocycles. The maximum Gasteiger partial charge on any atom is 0.175 e. The van der Waals surface area contributed by atoms with Gasteiger partial charge in [0, 0.05) is 23.0 Å². The van der Waals surface area contributed by atoms with Crippen molar-refractivity contribution in [3.63, 3.8) is 0 Å². The molecule has 4 rings (SSSR count). The molecule has 0 heterocycles. The molecule has 0 radical (unpaired) electrons. The van der Waals surface area contributed by atoms with E-state index in [-0.39, 0.29) is 11.6 Å². The minimum absolute atomic E-state index is 0.199. The second-order valence-corrected chi connectivity index (χ2v) is 7.21. The van der Waals surface area contributed by atoms with Crippen LogP contribution in [0.15, 0.2) is 78.9 Å². The predicted molar refractivity (Wildman–Crippen MR) is 108 cm³/mol. The minimum atomic E-state index is -0.894. The molecule has 0 amide bonds. The molecule has 0 fully saturated rings. The van der Waals surface area contributed by atoms with Crippen LogP contribution in [-0.4, -0.2) is 17.9 Å². The standard InChI is InChI=1S/C25H20O3/c1-16-9-5-6-12-18(16)21(15-26)22(17-10-3-2-4-11-17)23-24(27)19-13-7-8-14-20(19)25(23)28/h2-15,21-23H,1H3/t21-,22-/m0/s1. The molecule has 0 saturated carbocycles. The zero-order valence-corrected chi connectivity index (χ0v) is 15.5. The molecule has 1 aliphatic carbocycles. The van der Waals surface area contributed by atoms with Crippen LogP contribution in [0.5, 0.6) is 0 Å². The van der Waals surface area contributed by atoms with E-state index in [1.54, 1.807) is 24.3 Å². The molecule has 3 nitrogen and oxygen atoms in total. The molecule has 0 unspecified atom stereocenters. The van der Waals surface area contributed by atoms with E-state index in [4.69, 9.17) is 0 Å². The monoisotopic (exact) mass is 368 g/mol. The van der Waals surface area contributed by atoms with E-state index in [0.29, 0.717) is 11.1 Å². The first kappa shape index (κ1) is 18.1. The van der Waals surface area contributed by atoms with Gasteiger partial charge in [-0.15, -0.1) is 0 Å². The molecule has 0 spiro atoms. The van der Waals surface area contributed by atoms with Crippen molar-refractivity contribution in [3.8, 4) is 0 Å². The fourth-order valence-electron chi connectivity index (χ4n) is 4.29. The van der Waals surface area contributed by atoms with Gasteiger partial charge in [-0.1, -0.05) is 78.9 Å². The van der Waals surface area contributed by atoms with Gasteiger partial charge < -0.3 is 4.79 Å². The fourth-order valence-corrected chi connectivity index (χ4v) is 4.29. The zero-order chi connectivity index (χ0) is 19.7. The number of ketones is 2. The zero-order valence-electron chi connectivity index (χ0n) is 15.5. The molecule has 2 atom stereocenters. The third-order valence-corrected chi connectivity index (χ3v) is 5.65. The second kappa shape index (κ2) is 7.35. The van der Waals surface area contributed by atoms with Crippen LogP contribution in [-0.2, 0) is 4.79 Å². The third-order valence-electron chi connectivity index (χ3n) is 5.65. The molecule has 3 aromatic carbocycles. The molecule has 3 heteroatoms. The summed E-state index contributed by atoms with van der Waals surface area (Å²) in [5.74, 6) is -2.43. The molecule has 3 aromatic rings. The van der Waals surface area contributed by atoms with Crippen LogP contribution in [0.2, 0.25) is 0 Å². The summed E-state index contributed by atoms with van der Waals surface area (Å²) in [5.41, 5.74) is 3.54. The predicted octanol–water partition coefficient (Wildman–Crippen LogP) is 4.76. The Bertz CT molecular complexity index is 1020. The smallest absolute Gasteiger partial charge is 0.175 e. The lowest BCUT2D eigenvalue weighted by Gasteiger charge is -2.28. The van der Waals surface area contributed by atoms with Crippen LogP contribution in [0.1, 0.15) is 49.2 Å². The van der Waals surface area contributed by atoms with E-state index in [1.807, 2.05) is 61.5 Å². The van der Waals surface area contributed by atoms with Gasteiger partial charge in [-0.25, -0.2) is 0 Å². The van der Waals surface area contributed by atoms with Crippen LogP contribution in [0.25, 0.3) is 0 Å². The fraction of sp³-hybridized carbons (Fsp3) is 0.160. The third kappa shape index (κ3) is 2.89. The van der Waals surface area contributed by atoms with Gasteiger partial charge in [-0.05, 0) is 23.6 Å². The van der Waals surface area contributed by atoms with Crippen molar-refractivity contribution in [2.75, 3.05) is 0 Å². The van der Waals surface area contributed by atoms with E-state index in [2.05, 4.69) is 0 Å². The van der Waals surface area contributed by atoms with Crippen molar-refractivity contribution in [3.05, 3.63) is 107 Å². The number of benzene rings is 3. The quantitative estimate of drug-likeness (QED) is 0.482. The maximum atomic E-state index is 13.2. The van der Waals surface area contributed by atoms with E-state index in [1.165, 1.54) is 0 Å². The first-order chi connectivity index (χ1) is 13.6. The molecule has 0 aliphatic heterocycles. The Kier molecular flexibility index (Phi) is 4.74. The number of Topliss-reactive ketones (excluding diaryl/α,β-unsaturated/α-hetero) is 2. The van der Waals surface area contributed by atoms with Gasteiger partial charge in [-0.3, -0.25) is 9.59 Å². The van der Waals surface area contributed by atoms with Crippen LogP contribution >= 0.6 is 0 Å². The molecule has 28 heavy (non-hydrogen) atoms. The Labute approximate surface area is 164 Å². The van der Waals surface area contributed by atoms with E-state index >= 15 is 0 Å². The van der Waals surface area contributed by atoms with Gasteiger partial charge in [-0.2, -0.15) is 0 Å². The highest BCUT2D eigenvalue weighted by molar-refractivity contribution is 6.27. The molecule has 138 valence electrons. The number of hydrogen-bond acceptors (Lipinski definition) is 3. The summed E-state index contributed by atoms with van der Waals surface area (Å²) >= 11 is 0. The summed E-state index contributed by atoms with van der Waals surface area (Å²) < 4.78 is 0. The molecular formula is C25H20O3. The van der Waals surface area contributed by atoms with Crippen molar-refractivity contribution in [1.29, 1.82) is 0 Å². The van der Waals surface area contributed by atoms with Crippen molar-refractivity contribution < 1.29 is 14.4 Å². The summed E-state index contributed by atoms with van der Waals surface area (Å²) in [6.07, 6.45) is 0.879. The summed E-state index contributed by atoms with van der Waals surface area (Å²) in [5, 5.41) is 0. The van der Waals surface area contributed by atoms with Gasteiger partial charge >= 0.3 is 0 Å². The lowest BCUT2D eigenvalue weighted by Crippen LogP contribution is -2.29. The van der Waals surface area contributed by atoms with Gasteiger partial charge in [0.15, 0.2) is 11.6 Å². The number of carbonyl (C=O) groups is 3. The van der Waals surface area contributed by atoms with Crippen molar-refractivity contribution in [2.24, 2.45) is 5.92 Å². The van der Waals surface area contributed by atoms with Gasteiger partial charge in [0.1, 0.15) is 6.29 Å². The second-order valence-electron chi connectivity index (χ2n) is 7.21. The Morgan fingerprint density at radius 1 is 0.750 bits per heavy atom. The first-order valence-electron chi connectivity index (χ1n) is 9.36. The van der Waals surface area contributed by atoms with Crippen LogP contribution in [0, 0.1) is 12.8 Å². The van der Waals surface area contributed by atoms with Crippen molar-refractivity contribution in [1.82, 2.24) is 0 Å². The molecule has 1 aliphatic rings. The van der Waals surface area contributed by atoms with Crippen molar-refractivity contribution >= 4 is 17.9 Å². The first-order valence-corrected chi connectivity index (χ1v) is 9.36. The largest absolute Gasteiger partial charge is 0.303 e. The Balaban J connectivity index is 1.89. The summed E-state index contributed by atoms with van der Waals surface area (Å²) in [7, 11) is 0. The topological polar surface area (TPSA) is 51.2 Å². The molecule has 0 bridgehead atoms. The highest BCUT2D eigenvalue weighted by atomic mass is 16.2. The highest BCUT2D eigenvalue weighted by Gasteiger charge is 2.46. The maximum absolute atomic E-state index is 13.2. The summed E-state index contributed by atoms with van der Waals surface area (Å²) in [4.78, 5) is 38.7. The molecule has 0 saturated heterocycles. The van der Waals surface area contributed by atoms with Crippen LogP contribution < -0.4 is 0 Å². The minimum Gasteiger partial charge on any atom is -0.303 e.